The summed E-state index contributed by atoms with van der Waals surface area (Å²) in [4.78, 5) is 0. The minimum absolute atomic E-state index is 0.262. The maximum atomic E-state index is 5.63. The molecule has 60 valence electrons. The van der Waals surface area contributed by atoms with Crippen molar-refractivity contribution in [1.29, 1.82) is 0 Å². The lowest BCUT2D eigenvalue weighted by Gasteiger charge is -2.21. The Balaban J connectivity index is 4.20. The summed E-state index contributed by atoms with van der Waals surface area (Å²) in [5.74, 6) is 0.441. The highest BCUT2D eigenvalue weighted by Gasteiger charge is 2.16. The average Bonchev–Trinajstić information content (AvgIpc) is 1.87. The summed E-state index contributed by atoms with van der Waals surface area (Å²) < 4.78 is 0. The molecule has 1 unspecified atom stereocenters. The Bertz CT molecular complexity index is 126. The van der Waals surface area contributed by atoms with Crippen LogP contribution in [0.25, 0.3) is 0 Å². The van der Waals surface area contributed by atoms with E-state index in [-0.39, 0.29) is 10.7 Å². The summed E-state index contributed by atoms with van der Waals surface area (Å²) in [5, 5.41) is 3.25. The zero-order chi connectivity index (χ0) is 8.20. The van der Waals surface area contributed by atoms with Crippen LogP contribution in [0.5, 0.6) is 0 Å². The van der Waals surface area contributed by atoms with Crippen LogP contribution in [0.2, 0.25) is 0 Å². The number of hydrogen-bond donors (Lipinski definition) is 2. The minimum Gasteiger partial charge on any atom is -0.390 e. The number of nitrogens with one attached hydrogen (secondary N) is 1. The Morgan fingerprint density at radius 2 is 2.30 bits per heavy atom. The highest BCUT2D eigenvalue weighted by atomic mass is 35.5. The lowest BCUT2D eigenvalue weighted by Crippen LogP contribution is -2.40. The van der Waals surface area contributed by atoms with Gasteiger partial charge in [0.05, 0.1) is 10.7 Å². The Kier molecular flexibility index (Phi) is 4.09. The highest BCUT2D eigenvalue weighted by molar-refractivity contribution is 6.29. The first-order valence-corrected chi connectivity index (χ1v) is 3.84. The molecule has 0 rings (SSSR count). The maximum absolute atomic E-state index is 5.63. The topological polar surface area (TPSA) is 38.0 Å². The van der Waals surface area contributed by atoms with Crippen LogP contribution in [-0.4, -0.2) is 18.5 Å². The molecule has 0 aliphatic heterocycles. The molecule has 0 heterocycles. The van der Waals surface area contributed by atoms with Gasteiger partial charge in [-0.3, -0.25) is 0 Å². The second-order valence-corrected chi connectivity index (χ2v) is 3.03. The van der Waals surface area contributed by atoms with Gasteiger partial charge in [0.1, 0.15) is 0 Å². The Morgan fingerprint density at radius 3 is 2.40 bits per heavy atom. The summed E-state index contributed by atoms with van der Waals surface area (Å²) in [5.41, 5.74) is 4.96. The van der Waals surface area contributed by atoms with Crippen molar-refractivity contribution in [3.8, 4) is 0 Å². The predicted octanol–water partition coefficient (Wildman–Crippen LogP) is 1.24. The van der Waals surface area contributed by atoms with Crippen LogP contribution in [0.15, 0.2) is 11.2 Å². The summed E-state index contributed by atoms with van der Waals surface area (Å²) in [6.45, 7) is 1.91. The van der Waals surface area contributed by atoms with Gasteiger partial charge in [0.2, 0.25) is 0 Å². The fourth-order valence-corrected chi connectivity index (χ4v) is 0.933. The van der Waals surface area contributed by atoms with Crippen LogP contribution >= 0.6 is 23.2 Å². The molecule has 0 aliphatic carbocycles. The quantitative estimate of drug-likeness (QED) is 0.510. The Morgan fingerprint density at radius 1 is 1.80 bits per heavy atom. The first kappa shape index (κ1) is 10.1. The molecule has 0 saturated carbocycles. The molecule has 0 amide bonds. The van der Waals surface area contributed by atoms with Gasteiger partial charge >= 0.3 is 0 Å². The van der Waals surface area contributed by atoms with Crippen LogP contribution in [0, 0.1) is 0 Å². The van der Waals surface area contributed by atoms with Crippen molar-refractivity contribution >= 4 is 23.2 Å². The summed E-state index contributed by atoms with van der Waals surface area (Å²) in [7, 11) is 1.80. The fraction of sp³-hybridized carbons (Fsp3) is 0.667. The third-order valence-corrected chi connectivity index (χ3v) is 1.97. The zero-order valence-corrected chi connectivity index (χ0v) is 7.63. The zero-order valence-electron chi connectivity index (χ0n) is 6.12. The van der Waals surface area contributed by atoms with Crippen molar-refractivity contribution in [2.75, 3.05) is 12.9 Å². The minimum atomic E-state index is -0.298. The van der Waals surface area contributed by atoms with Gasteiger partial charge in [0.25, 0.3) is 0 Å². The van der Waals surface area contributed by atoms with E-state index >= 15 is 0 Å². The number of likely N-dealkylation sites (N-methyl/N-ethyl adjacent to an activating group) is 1. The molecule has 1 atom stereocenters. The van der Waals surface area contributed by atoms with Gasteiger partial charge in [-0.05, 0) is 20.0 Å². The van der Waals surface area contributed by atoms with E-state index in [4.69, 9.17) is 28.9 Å². The van der Waals surface area contributed by atoms with Crippen LogP contribution in [-0.2, 0) is 0 Å². The van der Waals surface area contributed by atoms with Gasteiger partial charge in [-0.25, -0.2) is 0 Å². The van der Waals surface area contributed by atoms with Crippen LogP contribution < -0.4 is 11.1 Å². The largest absolute Gasteiger partial charge is 0.390 e. The van der Waals surface area contributed by atoms with Crippen molar-refractivity contribution in [3.63, 3.8) is 0 Å². The molecule has 10 heavy (non-hydrogen) atoms. The lowest BCUT2D eigenvalue weighted by atomic mass is 10.1. The number of alkyl halides is 1. The first-order valence-electron chi connectivity index (χ1n) is 2.93. The van der Waals surface area contributed by atoms with Crippen molar-refractivity contribution in [3.05, 3.63) is 11.2 Å². The molecular weight excluding hydrogens is 171 g/mol. The highest BCUT2D eigenvalue weighted by Crippen LogP contribution is 2.10. The Hall–Kier alpha value is 0.0800. The van der Waals surface area contributed by atoms with Gasteiger partial charge in [-0.2, -0.15) is 0 Å². The molecule has 0 fully saturated rings. The molecule has 2 nitrogen and oxygen atoms in total. The van der Waals surface area contributed by atoms with Crippen molar-refractivity contribution in [2.45, 2.75) is 12.5 Å². The average molecular weight is 183 g/mol. The summed E-state index contributed by atoms with van der Waals surface area (Å²) >= 11 is 11.1. The third kappa shape index (κ3) is 3.30. The smallest absolute Gasteiger partial charge is 0.0970 e. The van der Waals surface area contributed by atoms with E-state index < -0.39 is 0 Å². The van der Waals surface area contributed by atoms with Crippen molar-refractivity contribution in [2.24, 2.45) is 5.73 Å². The second-order valence-electron chi connectivity index (χ2n) is 2.33. The molecule has 0 saturated heterocycles. The van der Waals surface area contributed by atoms with E-state index in [9.17, 15) is 0 Å². The van der Waals surface area contributed by atoms with Gasteiger partial charge in [-0.15, -0.1) is 11.6 Å². The number of hydrogen-bond acceptors (Lipinski definition) is 2. The van der Waals surface area contributed by atoms with Crippen LogP contribution in [0.3, 0.4) is 0 Å². The van der Waals surface area contributed by atoms with Crippen LogP contribution in [0.4, 0.5) is 0 Å². The fourth-order valence-electron chi connectivity index (χ4n) is 0.482. The van der Waals surface area contributed by atoms with Gasteiger partial charge in [0, 0.05) is 5.88 Å². The van der Waals surface area contributed by atoms with E-state index in [1.165, 1.54) is 0 Å². The standard InChI is InChI=1S/C6H12Cl2N2/c1-6(4-7,10-2)3-5(8)9/h3,10H,4,9H2,1-2H3/b5-3-. The monoisotopic (exact) mass is 182 g/mol. The molecular formula is C6H12Cl2N2. The third-order valence-electron chi connectivity index (χ3n) is 1.31. The summed E-state index contributed by atoms with van der Waals surface area (Å²) in [6.07, 6.45) is 1.68. The van der Waals surface area contributed by atoms with E-state index in [1.54, 1.807) is 13.1 Å². The van der Waals surface area contributed by atoms with E-state index in [0.29, 0.717) is 5.88 Å². The first-order chi connectivity index (χ1) is 4.54. The van der Waals surface area contributed by atoms with E-state index in [0.717, 1.165) is 0 Å². The number of halogens is 2. The van der Waals surface area contributed by atoms with E-state index in [2.05, 4.69) is 5.32 Å². The number of nitrogens with two attached hydrogens (primary N) is 1. The SMILES string of the molecule is CNC(C)(/C=C(\N)Cl)CCl. The van der Waals surface area contributed by atoms with Crippen LogP contribution in [0.1, 0.15) is 6.92 Å². The van der Waals surface area contributed by atoms with Gasteiger partial charge < -0.3 is 11.1 Å². The van der Waals surface area contributed by atoms with Gasteiger partial charge in [-0.1, -0.05) is 11.6 Å². The molecule has 3 N–H and O–H groups in total. The second kappa shape index (κ2) is 4.06. The summed E-state index contributed by atoms with van der Waals surface area (Å²) in [6, 6.07) is 0. The molecule has 0 radical (unpaired) electrons. The maximum Gasteiger partial charge on any atom is 0.0970 e. The molecule has 0 aromatic carbocycles. The molecule has 0 aromatic heterocycles. The normalized spacial score (nSPS) is 18.6. The van der Waals surface area contributed by atoms with Crippen molar-refractivity contribution in [1.82, 2.24) is 5.32 Å². The van der Waals surface area contributed by atoms with E-state index in [1.807, 2.05) is 6.92 Å². The molecule has 4 heteroatoms. The predicted molar refractivity (Wildman–Crippen MR) is 46.3 cm³/mol. The molecule has 0 aromatic rings. The molecule has 0 bridgehead atoms. The Labute approximate surface area is 71.4 Å². The van der Waals surface area contributed by atoms with Gasteiger partial charge in [0.15, 0.2) is 0 Å². The lowest BCUT2D eigenvalue weighted by molar-refractivity contribution is 0.532. The number of rotatable bonds is 3. The van der Waals surface area contributed by atoms with Crippen molar-refractivity contribution < 1.29 is 0 Å². The molecule has 0 aliphatic rings. The molecule has 0 spiro atoms.